The van der Waals surface area contributed by atoms with E-state index in [1.165, 1.54) is 18.2 Å². The van der Waals surface area contributed by atoms with Crippen LogP contribution >= 0.6 is 15.9 Å². The topological polar surface area (TPSA) is 46.5 Å². The van der Waals surface area contributed by atoms with Gasteiger partial charge in [0, 0.05) is 6.08 Å². The number of aliphatic carboxylic acids is 1. The summed E-state index contributed by atoms with van der Waals surface area (Å²) in [5, 5.41) is 8.60. The molecule has 0 spiro atoms. The Morgan fingerprint density at radius 3 is 2.67 bits per heavy atom. The predicted octanol–water partition coefficient (Wildman–Crippen LogP) is 4.79. The van der Waals surface area contributed by atoms with Crippen LogP contribution in [0.5, 0.6) is 11.5 Å². The van der Waals surface area contributed by atoms with Gasteiger partial charge in [-0.25, -0.2) is 9.18 Å². The normalized spacial score (nSPS) is 10.8. The lowest BCUT2D eigenvalue weighted by molar-refractivity contribution is -0.131. The molecule has 0 bridgehead atoms. The number of halogens is 2. The maximum Gasteiger partial charge on any atom is 0.328 e. The molecule has 2 rings (SSSR count). The van der Waals surface area contributed by atoms with E-state index >= 15 is 0 Å². The zero-order valence-corrected chi connectivity index (χ0v) is 12.7. The van der Waals surface area contributed by atoms with E-state index < -0.39 is 5.97 Å². The molecule has 21 heavy (non-hydrogen) atoms. The molecular weight excluding hydrogens is 339 g/mol. The molecule has 0 saturated heterocycles. The first-order valence-corrected chi connectivity index (χ1v) is 6.89. The highest BCUT2D eigenvalue weighted by molar-refractivity contribution is 9.10. The molecule has 0 aromatic heterocycles. The minimum Gasteiger partial charge on any atom is -0.478 e. The predicted molar refractivity (Wildman–Crippen MR) is 82.0 cm³/mol. The highest BCUT2D eigenvalue weighted by Gasteiger charge is 2.05. The molecule has 5 heteroatoms. The van der Waals surface area contributed by atoms with E-state index in [0.29, 0.717) is 16.0 Å². The van der Waals surface area contributed by atoms with Gasteiger partial charge in [-0.15, -0.1) is 0 Å². The molecule has 0 aliphatic rings. The second-order valence-electron chi connectivity index (χ2n) is 4.37. The molecule has 0 amide bonds. The van der Waals surface area contributed by atoms with Crippen LogP contribution in [0.3, 0.4) is 0 Å². The Kier molecular flexibility index (Phi) is 4.75. The molecule has 0 heterocycles. The van der Waals surface area contributed by atoms with Crippen molar-refractivity contribution in [1.82, 2.24) is 0 Å². The molecule has 2 aromatic rings. The van der Waals surface area contributed by atoms with E-state index in [4.69, 9.17) is 9.84 Å². The van der Waals surface area contributed by atoms with E-state index in [0.717, 1.165) is 17.2 Å². The Bertz CT molecular complexity index is 711. The van der Waals surface area contributed by atoms with Crippen LogP contribution in [0.2, 0.25) is 0 Å². The van der Waals surface area contributed by atoms with Crippen molar-refractivity contribution in [2.75, 3.05) is 0 Å². The van der Waals surface area contributed by atoms with Crippen molar-refractivity contribution in [3.8, 4) is 11.5 Å². The van der Waals surface area contributed by atoms with Crippen molar-refractivity contribution in [2.24, 2.45) is 0 Å². The zero-order chi connectivity index (χ0) is 15.4. The van der Waals surface area contributed by atoms with Gasteiger partial charge in [-0.05, 0) is 70.4 Å². The fourth-order valence-corrected chi connectivity index (χ4v) is 2.08. The summed E-state index contributed by atoms with van der Waals surface area (Å²) in [6, 6.07) is 9.71. The summed E-state index contributed by atoms with van der Waals surface area (Å²) < 4.78 is 19.2. The number of carbonyl (C=O) groups is 1. The average Bonchev–Trinajstić information content (AvgIpc) is 2.43. The Morgan fingerprint density at radius 1 is 1.29 bits per heavy atom. The van der Waals surface area contributed by atoms with Crippen molar-refractivity contribution in [2.45, 2.75) is 6.92 Å². The number of aryl methyl sites for hydroxylation is 1. The summed E-state index contributed by atoms with van der Waals surface area (Å²) in [6.45, 7) is 1.85. The van der Waals surface area contributed by atoms with Crippen LogP contribution in [0.1, 0.15) is 11.1 Å². The largest absolute Gasteiger partial charge is 0.478 e. The van der Waals surface area contributed by atoms with Gasteiger partial charge < -0.3 is 9.84 Å². The quantitative estimate of drug-likeness (QED) is 0.806. The van der Waals surface area contributed by atoms with Crippen LogP contribution in [0.4, 0.5) is 4.39 Å². The molecule has 2 aromatic carbocycles. The van der Waals surface area contributed by atoms with Gasteiger partial charge in [-0.2, -0.15) is 0 Å². The molecule has 0 fully saturated rings. The summed E-state index contributed by atoms with van der Waals surface area (Å²) in [7, 11) is 0. The van der Waals surface area contributed by atoms with Crippen LogP contribution in [0.15, 0.2) is 46.9 Å². The van der Waals surface area contributed by atoms with Gasteiger partial charge in [0.15, 0.2) is 0 Å². The molecule has 0 saturated carbocycles. The SMILES string of the molecule is Cc1cc(/C=C/C(=O)O)ccc1Oc1ccc(F)c(Br)c1. The van der Waals surface area contributed by atoms with E-state index in [-0.39, 0.29) is 5.82 Å². The molecule has 0 atom stereocenters. The first kappa shape index (κ1) is 15.3. The van der Waals surface area contributed by atoms with Crippen LogP contribution < -0.4 is 4.74 Å². The Hall–Kier alpha value is -2.14. The number of ether oxygens (including phenoxy) is 1. The zero-order valence-electron chi connectivity index (χ0n) is 11.1. The number of carboxylic acid groups (broad SMARTS) is 1. The summed E-state index contributed by atoms with van der Waals surface area (Å²) in [5.74, 6) is -0.210. The Morgan fingerprint density at radius 2 is 2.05 bits per heavy atom. The third kappa shape index (κ3) is 4.16. The minimum atomic E-state index is -0.996. The number of rotatable bonds is 4. The lowest BCUT2D eigenvalue weighted by Crippen LogP contribution is -1.90. The van der Waals surface area contributed by atoms with E-state index in [9.17, 15) is 9.18 Å². The van der Waals surface area contributed by atoms with Crippen LogP contribution in [-0.4, -0.2) is 11.1 Å². The maximum absolute atomic E-state index is 13.2. The Labute approximate surface area is 129 Å². The molecule has 108 valence electrons. The van der Waals surface area contributed by atoms with Gasteiger partial charge in [-0.1, -0.05) is 6.07 Å². The minimum absolute atomic E-state index is 0.332. The Balaban J connectivity index is 2.21. The van der Waals surface area contributed by atoms with Gasteiger partial charge in [0.2, 0.25) is 0 Å². The lowest BCUT2D eigenvalue weighted by Gasteiger charge is -2.10. The fourth-order valence-electron chi connectivity index (χ4n) is 1.73. The third-order valence-electron chi connectivity index (χ3n) is 2.74. The molecule has 0 aliphatic carbocycles. The van der Waals surface area contributed by atoms with E-state index in [1.807, 2.05) is 13.0 Å². The second kappa shape index (κ2) is 6.54. The molecule has 1 N–H and O–H groups in total. The summed E-state index contributed by atoms with van der Waals surface area (Å²) in [6.07, 6.45) is 2.58. The second-order valence-corrected chi connectivity index (χ2v) is 5.23. The first-order valence-electron chi connectivity index (χ1n) is 6.10. The summed E-state index contributed by atoms with van der Waals surface area (Å²) >= 11 is 3.10. The van der Waals surface area contributed by atoms with Gasteiger partial charge in [-0.3, -0.25) is 0 Å². The van der Waals surface area contributed by atoms with Crippen molar-refractivity contribution < 1.29 is 19.0 Å². The number of carboxylic acids is 1. The molecular formula is C16H12BrFO3. The molecule has 0 unspecified atom stereocenters. The van der Waals surface area contributed by atoms with Crippen LogP contribution in [0.25, 0.3) is 6.08 Å². The highest BCUT2D eigenvalue weighted by Crippen LogP contribution is 2.29. The van der Waals surface area contributed by atoms with E-state index in [2.05, 4.69) is 15.9 Å². The van der Waals surface area contributed by atoms with Crippen LogP contribution in [-0.2, 0) is 4.79 Å². The molecule has 0 aliphatic heterocycles. The van der Waals surface area contributed by atoms with E-state index in [1.54, 1.807) is 18.2 Å². The van der Waals surface area contributed by atoms with Gasteiger partial charge in [0.1, 0.15) is 17.3 Å². The standard InChI is InChI=1S/C16H12BrFO3/c1-10-8-11(3-7-16(19)20)2-6-15(10)21-12-4-5-14(18)13(17)9-12/h2-9H,1H3,(H,19,20)/b7-3+. The number of benzene rings is 2. The number of hydrogen-bond acceptors (Lipinski definition) is 2. The highest BCUT2D eigenvalue weighted by atomic mass is 79.9. The smallest absolute Gasteiger partial charge is 0.328 e. The van der Waals surface area contributed by atoms with Crippen molar-refractivity contribution in [3.05, 3.63) is 63.9 Å². The third-order valence-corrected chi connectivity index (χ3v) is 3.34. The van der Waals surface area contributed by atoms with Crippen molar-refractivity contribution in [3.63, 3.8) is 0 Å². The monoisotopic (exact) mass is 350 g/mol. The average molecular weight is 351 g/mol. The first-order chi connectivity index (χ1) is 9.95. The van der Waals surface area contributed by atoms with Crippen molar-refractivity contribution >= 4 is 28.0 Å². The van der Waals surface area contributed by atoms with Crippen LogP contribution in [0, 0.1) is 12.7 Å². The van der Waals surface area contributed by atoms with Gasteiger partial charge in [0.05, 0.1) is 4.47 Å². The summed E-state index contributed by atoms with van der Waals surface area (Å²) in [4.78, 5) is 10.5. The van der Waals surface area contributed by atoms with Gasteiger partial charge in [0.25, 0.3) is 0 Å². The maximum atomic E-state index is 13.2. The molecule has 0 radical (unpaired) electrons. The number of hydrogen-bond donors (Lipinski definition) is 1. The lowest BCUT2D eigenvalue weighted by atomic mass is 10.1. The summed E-state index contributed by atoms with van der Waals surface area (Å²) in [5.41, 5.74) is 1.62. The van der Waals surface area contributed by atoms with Crippen molar-refractivity contribution in [1.29, 1.82) is 0 Å². The van der Waals surface area contributed by atoms with Gasteiger partial charge >= 0.3 is 5.97 Å². The molecule has 3 nitrogen and oxygen atoms in total. The fraction of sp³-hybridized carbons (Fsp3) is 0.0625.